The largest absolute Gasteiger partial charge is 0.353 e. The number of ketones is 1. The lowest BCUT2D eigenvalue weighted by molar-refractivity contribution is -0.125. The van der Waals surface area contributed by atoms with Crippen LogP contribution in [0.25, 0.3) is 11.3 Å². The van der Waals surface area contributed by atoms with Gasteiger partial charge in [0.25, 0.3) is 0 Å². The molecular formula is C25H26N6O3. The van der Waals surface area contributed by atoms with Crippen LogP contribution >= 0.6 is 0 Å². The molecule has 1 amide bonds. The highest BCUT2D eigenvalue weighted by atomic mass is 16.3. The van der Waals surface area contributed by atoms with Crippen LogP contribution in [0.1, 0.15) is 41.7 Å². The number of nitrogens with one attached hydrogen (secondary N) is 2. The SMILES string of the molecule is Nn1c2c(c(Nc3ccccc3)c1-c1ccncc1)C(=O)CC(C(=O)NCC1(N=O)CCC1)C2. The summed E-state index contributed by atoms with van der Waals surface area (Å²) in [6.45, 7) is 0.208. The van der Waals surface area contributed by atoms with Crippen LogP contribution in [0.5, 0.6) is 0 Å². The molecule has 2 aromatic heterocycles. The Balaban J connectivity index is 1.48. The van der Waals surface area contributed by atoms with Crippen molar-refractivity contribution in [2.45, 2.75) is 37.6 Å². The van der Waals surface area contributed by atoms with Crippen LogP contribution in [0.4, 0.5) is 11.4 Å². The normalized spacial score (nSPS) is 18.5. The standard InChI is InChI=1S/C25H26N6O3/c26-31-19-13-17(24(33)28-15-25(30-34)9-4-10-25)14-20(32)21(19)22(29-18-5-2-1-3-6-18)23(31)16-7-11-27-12-8-16/h1-3,5-8,11-12,17,29H,4,9-10,13-15,26H2,(H,28,33). The number of carbonyl (C=O) groups excluding carboxylic acids is 2. The van der Waals surface area contributed by atoms with Gasteiger partial charge in [0, 0.05) is 43.0 Å². The van der Waals surface area contributed by atoms with E-state index in [2.05, 4.69) is 20.8 Å². The molecular weight excluding hydrogens is 432 g/mol. The smallest absolute Gasteiger partial charge is 0.224 e. The van der Waals surface area contributed by atoms with Gasteiger partial charge in [-0.1, -0.05) is 23.4 Å². The van der Waals surface area contributed by atoms with Gasteiger partial charge in [-0.2, -0.15) is 4.91 Å². The molecule has 2 heterocycles. The van der Waals surface area contributed by atoms with Gasteiger partial charge in [0.05, 0.1) is 28.6 Å². The number of para-hydroxylation sites is 1. The Morgan fingerprint density at radius 3 is 2.53 bits per heavy atom. The van der Waals surface area contributed by atoms with Crippen molar-refractivity contribution in [1.82, 2.24) is 15.0 Å². The van der Waals surface area contributed by atoms with Gasteiger partial charge in [-0.25, -0.2) is 0 Å². The summed E-state index contributed by atoms with van der Waals surface area (Å²) in [7, 11) is 0. The van der Waals surface area contributed by atoms with E-state index in [-0.39, 0.29) is 24.7 Å². The average molecular weight is 459 g/mol. The first-order valence-electron chi connectivity index (χ1n) is 11.4. The minimum Gasteiger partial charge on any atom is -0.353 e. The molecule has 34 heavy (non-hydrogen) atoms. The van der Waals surface area contributed by atoms with Crippen LogP contribution in [0.3, 0.4) is 0 Å². The van der Waals surface area contributed by atoms with Gasteiger partial charge in [-0.3, -0.25) is 19.2 Å². The van der Waals surface area contributed by atoms with Crippen LogP contribution in [0.15, 0.2) is 60.0 Å². The minimum absolute atomic E-state index is 0.0730. The molecule has 3 aromatic rings. The number of rotatable bonds is 7. The van der Waals surface area contributed by atoms with Gasteiger partial charge in [0.2, 0.25) is 5.91 Å². The van der Waals surface area contributed by atoms with Crippen molar-refractivity contribution >= 4 is 23.1 Å². The third-order valence-electron chi connectivity index (χ3n) is 6.89. The molecule has 2 aliphatic rings. The second-order valence-electron chi connectivity index (χ2n) is 9.06. The Morgan fingerprint density at radius 1 is 1.15 bits per heavy atom. The van der Waals surface area contributed by atoms with E-state index >= 15 is 0 Å². The number of hydrogen-bond acceptors (Lipinski definition) is 7. The van der Waals surface area contributed by atoms with E-state index in [1.807, 2.05) is 42.5 Å². The molecule has 0 saturated heterocycles. The van der Waals surface area contributed by atoms with Crippen molar-refractivity contribution in [2.24, 2.45) is 11.1 Å². The molecule has 0 radical (unpaired) electrons. The van der Waals surface area contributed by atoms with Crippen LogP contribution < -0.4 is 16.5 Å². The maximum Gasteiger partial charge on any atom is 0.224 e. The fraction of sp³-hybridized carbons (Fsp3) is 0.320. The third kappa shape index (κ3) is 3.83. The van der Waals surface area contributed by atoms with E-state index in [0.29, 0.717) is 41.9 Å². The first-order valence-corrected chi connectivity index (χ1v) is 11.4. The molecule has 5 rings (SSSR count). The molecule has 4 N–H and O–H groups in total. The quantitative estimate of drug-likeness (QED) is 0.366. The van der Waals surface area contributed by atoms with Crippen LogP contribution in [0.2, 0.25) is 0 Å². The van der Waals surface area contributed by atoms with Gasteiger partial charge >= 0.3 is 0 Å². The Morgan fingerprint density at radius 2 is 1.88 bits per heavy atom. The van der Waals surface area contributed by atoms with E-state index in [9.17, 15) is 14.5 Å². The lowest BCUT2D eigenvalue weighted by Crippen LogP contribution is -2.48. The summed E-state index contributed by atoms with van der Waals surface area (Å²) in [5.74, 6) is 5.59. The number of nitrogens with zero attached hydrogens (tertiary/aromatic N) is 3. The summed E-state index contributed by atoms with van der Waals surface area (Å²) in [5, 5.41) is 9.45. The first-order chi connectivity index (χ1) is 16.5. The van der Waals surface area contributed by atoms with E-state index in [4.69, 9.17) is 5.84 Å². The minimum atomic E-state index is -0.700. The van der Waals surface area contributed by atoms with E-state index in [1.165, 1.54) is 4.68 Å². The fourth-order valence-electron chi connectivity index (χ4n) is 4.82. The summed E-state index contributed by atoms with van der Waals surface area (Å²) in [6.07, 6.45) is 6.03. The van der Waals surface area contributed by atoms with Gasteiger partial charge in [-0.15, -0.1) is 0 Å². The number of hydrogen-bond donors (Lipinski definition) is 3. The van der Waals surface area contributed by atoms with Crippen molar-refractivity contribution < 1.29 is 9.59 Å². The zero-order valence-electron chi connectivity index (χ0n) is 18.7. The van der Waals surface area contributed by atoms with Crippen LogP contribution in [-0.4, -0.2) is 33.4 Å². The number of amides is 1. The molecule has 0 bridgehead atoms. The predicted molar refractivity (Wildman–Crippen MR) is 129 cm³/mol. The Kier molecular flexibility index (Phi) is 5.61. The maximum absolute atomic E-state index is 13.4. The molecule has 1 aromatic carbocycles. The van der Waals surface area contributed by atoms with Crippen LogP contribution in [-0.2, 0) is 11.2 Å². The molecule has 0 aliphatic heterocycles. The predicted octanol–water partition coefficient (Wildman–Crippen LogP) is 3.56. The Bertz CT molecular complexity index is 1230. The number of carbonyl (C=O) groups is 2. The number of fused-ring (bicyclic) bond motifs is 1. The van der Waals surface area contributed by atoms with Gasteiger partial charge < -0.3 is 16.5 Å². The van der Waals surface area contributed by atoms with E-state index < -0.39 is 11.5 Å². The number of aromatic nitrogens is 2. The molecule has 9 nitrogen and oxygen atoms in total. The topological polar surface area (TPSA) is 131 Å². The number of pyridine rings is 1. The van der Waals surface area contributed by atoms with Crippen LogP contribution in [0, 0.1) is 10.8 Å². The Hall–Kier alpha value is -4.01. The second-order valence-corrected chi connectivity index (χ2v) is 9.06. The highest BCUT2D eigenvalue weighted by Gasteiger charge is 2.41. The third-order valence-corrected chi connectivity index (χ3v) is 6.89. The number of anilines is 2. The van der Waals surface area contributed by atoms with Crippen molar-refractivity contribution in [2.75, 3.05) is 17.7 Å². The summed E-state index contributed by atoms with van der Waals surface area (Å²) in [5.41, 5.74) is 3.32. The lowest BCUT2D eigenvalue weighted by Gasteiger charge is -2.35. The highest BCUT2D eigenvalue weighted by molar-refractivity contribution is 6.09. The van der Waals surface area contributed by atoms with E-state index in [1.54, 1.807) is 12.4 Å². The monoisotopic (exact) mass is 458 g/mol. The zero-order valence-corrected chi connectivity index (χ0v) is 18.7. The Labute approximate surface area is 196 Å². The lowest BCUT2D eigenvalue weighted by atomic mass is 9.77. The number of Topliss-reactive ketones (excluding diaryl/α,β-unsaturated/α-hetero) is 1. The van der Waals surface area contributed by atoms with Crippen molar-refractivity contribution in [3.63, 3.8) is 0 Å². The molecule has 1 saturated carbocycles. The molecule has 1 fully saturated rings. The molecule has 2 aliphatic carbocycles. The summed E-state index contributed by atoms with van der Waals surface area (Å²) in [6, 6.07) is 13.2. The summed E-state index contributed by atoms with van der Waals surface area (Å²) in [4.78, 5) is 41.6. The maximum atomic E-state index is 13.4. The fourth-order valence-corrected chi connectivity index (χ4v) is 4.82. The first kappa shape index (κ1) is 21.8. The van der Waals surface area contributed by atoms with Gasteiger partial charge in [0.1, 0.15) is 5.54 Å². The number of benzene rings is 1. The summed E-state index contributed by atoms with van der Waals surface area (Å²) >= 11 is 0. The van der Waals surface area contributed by atoms with Gasteiger partial charge in [-0.05, 0) is 43.5 Å². The molecule has 1 unspecified atom stereocenters. The zero-order chi connectivity index (χ0) is 23.7. The molecule has 1 atom stereocenters. The molecule has 0 spiro atoms. The van der Waals surface area contributed by atoms with E-state index in [0.717, 1.165) is 17.7 Å². The highest BCUT2D eigenvalue weighted by Crippen LogP contribution is 2.41. The number of nitrogens with two attached hydrogens (primary N) is 1. The second kappa shape index (κ2) is 8.74. The summed E-state index contributed by atoms with van der Waals surface area (Å²) < 4.78 is 1.51. The number of nitrogen functional groups attached to an aromatic ring is 1. The van der Waals surface area contributed by atoms with Crippen molar-refractivity contribution in [3.05, 3.63) is 71.0 Å². The van der Waals surface area contributed by atoms with Crippen molar-refractivity contribution in [3.8, 4) is 11.3 Å². The number of nitroso groups, excluding NO2 is 1. The molecule has 174 valence electrons. The van der Waals surface area contributed by atoms with Gasteiger partial charge in [0.15, 0.2) is 5.78 Å². The average Bonchev–Trinajstić information content (AvgIpc) is 3.11. The van der Waals surface area contributed by atoms with Crippen molar-refractivity contribution in [1.29, 1.82) is 0 Å². The molecule has 9 heteroatoms.